The summed E-state index contributed by atoms with van der Waals surface area (Å²) in [5.41, 5.74) is 0.450. The molecule has 1 fully saturated rings. The number of hydrogen-bond donors (Lipinski definition) is 0. The Bertz CT molecular complexity index is 179. The predicted octanol–water partition coefficient (Wildman–Crippen LogP) is 3.60. The first-order chi connectivity index (χ1) is 6.33. The summed E-state index contributed by atoms with van der Waals surface area (Å²) in [5.74, 6) is 2.52. The van der Waals surface area contributed by atoms with Crippen LogP contribution in [0.5, 0.6) is 0 Å². The van der Waals surface area contributed by atoms with Gasteiger partial charge in [0.25, 0.3) is 0 Å². The van der Waals surface area contributed by atoms with E-state index in [-0.39, 0.29) is 0 Å². The van der Waals surface area contributed by atoms with Gasteiger partial charge in [0.15, 0.2) is 0 Å². The number of rotatable bonds is 7. The Hall–Kier alpha value is -0.160. The van der Waals surface area contributed by atoms with E-state index in [1.807, 2.05) is 0 Å². The van der Waals surface area contributed by atoms with Crippen LogP contribution in [0.2, 0.25) is 0 Å². The number of nitrogens with zero attached hydrogens (tertiary/aromatic N) is 1. The van der Waals surface area contributed by atoms with Gasteiger partial charge in [-0.25, -0.2) is 0 Å². The van der Waals surface area contributed by atoms with E-state index >= 15 is 0 Å². The van der Waals surface area contributed by atoms with Crippen molar-refractivity contribution in [1.82, 2.24) is 0 Å². The minimum atomic E-state index is 0.450. The van der Waals surface area contributed by atoms with Crippen LogP contribution < -0.4 is 0 Å². The number of unbranched alkanes of at least 4 members (excludes halogenated alkanes) is 2. The Morgan fingerprint density at radius 2 is 2.15 bits per heavy atom. The fourth-order valence-electron chi connectivity index (χ4n) is 1.46. The highest BCUT2D eigenvalue weighted by molar-refractivity contribution is 7.99. The first kappa shape index (κ1) is 10.9. The van der Waals surface area contributed by atoms with Gasteiger partial charge in [-0.2, -0.15) is 17.0 Å². The van der Waals surface area contributed by atoms with E-state index < -0.39 is 0 Å². The quantitative estimate of drug-likeness (QED) is 0.582. The Labute approximate surface area is 85.9 Å². The van der Waals surface area contributed by atoms with Crippen LogP contribution in [0, 0.1) is 16.7 Å². The smallest absolute Gasteiger partial charge is 0.0627 e. The van der Waals surface area contributed by atoms with Crippen molar-refractivity contribution >= 4 is 11.8 Å². The molecule has 0 aliphatic heterocycles. The number of thioether (sulfide) groups is 1. The topological polar surface area (TPSA) is 23.8 Å². The van der Waals surface area contributed by atoms with Gasteiger partial charge in [-0.05, 0) is 36.2 Å². The second-order valence-corrected chi connectivity index (χ2v) is 5.20. The summed E-state index contributed by atoms with van der Waals surface area (Å²) < 4.78 is 0. The zero-order valence-corrected chi connectivity index (χ0v) is 9.33. The van der Waals surface area contributed by atoms with Crippen molar-refractivity contribution in [2.75, 3.05) is 11.5 Å². The van der Waals surface area contributed by atoms with E-state index in [9.17, 15) is 0 Å². The zero-order valence-electron chi connectivity index (χ0n) is 8.51. The third kappa shape index (κ3) is 4.04. The third-order valence-corrected chi connectivity index (χ3v) is 4.11. The molecule has 0 aromatic rings. The molecule has 0 spiro atoms. The van der Waals surface area contributed by atoms with Crippen LogP contribution in [0.15, 0.2) is 0 Å². The van der Waals surface area contributed by atoms with Crippen molar-refractivity contribution in [2.45, 2.75) is 45.4 Å². The predicted molar refractivity (Wildman–Crippen MR) is 58.7 cm³/mol. The maximum atomic E-state index is 8.62. The van der Waals surface area contributed by atoms with Crippen LogP contribution in [0.1, 0.15) is 45.4 Å². The molecule has 1 rings (SSSR count). The summed E-state index contributed by atoms with van der Waals surface area (Å²) in [7, 11) is 0. The molecule has 1 aliphatic carbocycles. The van der Waals surface area contributed by atoms with Crippen molar-refractivity contribution in [2.24, 2.45) is 5.41 Å². The normalized spacial score (nSPS) is 18.2. The summed E-state index contributed by atoms with van der Waals surface area (Å²) in [4.78, 5) is 0. The van der Waals surface area contributed by atoms with Crippen molar-refractivity contribution in [1.29, 1.82) is 5.26 Å². The molecule has 0 saturated heterocycles. The molecule has 0 aromatic heterocycles. The molecule has 0 radical (unpaired) electrons. The molecule has 74 valence electrons. The van der Waals surface area contributed by atoms with E-state index in [1.165, 1.54) is 43.6 Å². The second kappa shape index (κ2) is 5.54. The zero-order chi connectivity index (χ0) is 9.57. The third-order valence-electron chi connectivity index (χ3n) is 2.71. The first-order valence-corrected chi connectivity index (χ1v) is 6.43. The van der Waals surface area contributed by atoms with E-state index in [4.69, 9.17) is 5.26 Å². The van der Waals surface area contributed by atoms with Crippen molar-refractivity contribution < 1.29 is 0 Å². The molecule has 1 aliphatic rings. The van der Waals surface area contributed by atoms with Crippen LogP contribution >= 0.6 is 11.8 Å². The van der Waals surface area contributed by atoms with Gasteiger partial charge in [-0.1, -0.05) is 19.8 Å². The lowest BCUT2D eigenvalue weighted by atomic mass is 10.1. The van der Waals surface area contributed by atoms with Crippen LogP contribution in [0.3, 0.4) is 0 Å². The SMILES string of the molecule is CCCCCSCC1(CC#N)CC1. The van der Waals surface area contributed by atoms with Gasteiger partial charge < -0.3 is 0 Å². The lowest BCUT2D eigenvalue weighted by molar-refractivity contribution is 0.603. The van der Waals surface area contributed by atoms with Crippen LogP contribution in [-0.4, -0.2) is 11.5 Å². The maximum Gasteiger partial charge on any atom is 0.0627 e. The molecular formula is C11H19NS. The summed E-state index contributed by atoms with van der Waals surface area (Å²) >= 11 is 2.05. The average molecular weight is 197 g/mol. The van der Waals surface area contributed by atoms with Crippen molar-refractivity contribution in [3.63, 3.8) is 0 Å². The van der Waals surface area contributed by atoms with E-state index in [0.717, 1.165) is 6.42 Å². The van der Waals surface area contributed by atoms with E-state index in [2.05, 4.69) is 24.8 Å². The fourth-order valence-corrected chi connectivity index (χ4v) is 2.84. The molecule has 1 nitrogen and oxygen atoms in total. The largest absolute Gasteiger partial charge is 0.198 e. The summed E-state index contributed by atoms with van der Waals surface area (Å²) in [6, 6.07) is 2.31. The molecule has 2 heteroatoms. The van der Waals surface area contributed by atoms with Crippen LogP contribution in [-0.2, 0) is 0 Å². The number of nitriles is 1. The lowest BCUT2D eigenvalue weighted by Gasteiger charge is -2.09. The van der Waals surface area contributed by atoms with Gasteiger partial charge in [-0.15, -0.1) is 0 Å². The molecule has 0 heterocycles. The first-order valence-electron chi connectivity index (χ1n) is 5.28. The average Bonchev–Trinajstić information content (AvgIpc) is 2.86. The van der Waals surface area contributed by atoms with Gasteiger partial charge >= 0.3 is 0 Å². The van der Waals surface area contributed by atoms with Crippen LogP contribution in [0.25, 0.3) is 0 Å². The molecule has 0 amide bonds. The molecule has 0 unspecified atom stereocenters. The highest BCUT2D eigenvalue weighted by Crippen LogP contribution is 2.50. The standard InChI is InChI=1S/C11H19NS/c1-2-3-4-9-13-10-11(5-6-11)7-8-12/h2-7,9-10H2,1H3. The van der Waals surface area contributed by atoms with Gasteiger partial charge in [0.1, 0.15) is 0 Å². The molecule has 0 N–H and O–H groups in total. The molecule has 0 bridgehead atoms. The van der Waals surface area contributed by atoms with E-state index in [0.29, 0.717) is 5.41 Å². The fraction of sp³-hybridized carbons (Fsp3) is 0.909. The number of hydrogen-bond acceptors (Lipinski definition) is 2. The Morgan fingerprint density at radius 1 is 1.38 bits per heavy atom. The lowest BCUT2D eigenvalue weighted by Crippen LogP contribution is -2.03. The highest BCUT2D eigenvalue weighted by atomic mass is 32.2. The van der Waals surface area contributed by atoms with E-state index in [1.54, 1.807) is 0 Å². The Kier molecular flexibility index (Phi) is 4.66. The minimum Gasteiger partial charge on any atom is -0.198 e. The van der Waals surface area contributed by atoms with Crippen molar-refractivity contribution in [3.8, 4) is 6.07 Å². The summed E-state index contributed by atoms with van der Waals surface area (Å²) in [5, 5.41) is 8.62. The summed E-state index contributed by atoms with van der Waals surface area (Å²) in [6.07, 6.45) is 7.39. The van der Waals surface area contributed by atoms with Gasteiger partial charge in [0, 0.05) is 6.42 Å². The molecular weight excluding hydrogens is 178 g/mol. The summed E-state index contributed by atoms with van der Waals surface area (Å²) in [6.45, 7) is 2.24. The highest BCUT2D eigenvalue weighted by Gasteiger charge is 2.41. The molecule has 0 aromatic carbocycles. The monoisotopic (exact) mass is 197 g/mol. The molecule has 13 heavy (non-hydrogen) atoms. The van der Waals surface area contributed by atoms with Gasteiger partial charge in [-0.3, -0.25) is 0 Å². The van der Waals surface area contributed by atoms with Gasteiger partial charge in [0.05, 0.1) is 6.07 Å². The molecule has 0 atom stereocenters. The maximum absolute atomic E-state index is 8.62. The van der Waals surface area contributed by atoms with Crippen molar-refractivity contribution in [3.05, 3.63) is 0 Å². The second-order valence-electron chi connectivity index (χ2n) is 4.09. The van der Waals surface area contributed by atoms with Crippen LogP contribution in [0.4, 0.5) is 0 Å². The minimum absolute atomic E-state index is 0.450. The Morgan fingerprint density at radius 3 is 2.69 bits per heavy atom. The molecule has 1 saturated carbocycles. The Balaban J connectivity index is 1.97. The van der Waals surface area contributed by atoms with Gasteiger partial charge in [0.2, 0.25) is 0 Å².